The molecule has 1 heterocycles. The Kier molecular flexibility index (Phi) is 3.90. The number of hydrogen-bond donors (Lipinski definition) is 1. The Balaban J connectivity index is 2.01. The molecule has 0 saturated heterocycles. The van der Waals surface area contributed by atoms with Crippen molar-refractivity contribution >= 4 is 0 Å². The van der Waals surface area contributed by atoms with E-state index in [0.29, 0.717) is 12.1 Å². The summed E-state index contributed by atoms with van der Waals surface area (Å²) >= 11 is 0. The van der Waals surface area contributed by atoms with Crippen molar-refractivity contribution in [2.24, 2.45) is 0 Å². The fourth-order valence-corrected chi connectivity index (χ4v) is 1.64. The van der Waals surface area contributed by atoms with E-state index in [4.69, 9.17) is 4.42 Å². The van der Waals surface area contributed by atoms with Crippen LogP contribution >= 0.6 is 0 Å². The zero-order chi connectivity index (χ0) is 13.9. The minimum absolute atomic E-state index is 0.217. The predicted molar refractivity (Wildman–Crippen MR) is 60.7 cm³/mol. The van der Waals surface area contributed by atoms with Crippen LogP contribution in [0.3, 0.4) is 0 Å². The van der Waals surface area contributed by atoms with E-state index >= 15 is 0 Å². The fourth-order valence-electron chi connectivity index (χ4n) is 1.64. The molecule has 1 aromatic carbocycles. The molecule has 0 saturated carbocycles. The van der Waals surface area contributed by atoms with Crippen molar-refractivity contribution in [1.82, 2.24) is 5.32 Å². The molecule has 0 aliphatic carbocycles. The highest BCUT2D eigenvalue weighted by Crippen LogP contribution is 2.31. The van der Waals surface area contributed by atoms with Gasteiger partial charge in [0.15, 0.2) is 0 Å². The summed E-state index contributed by atoms with van der Waals surface area (Å²) in [5.41, 5.74) is 0.0190. The lowest BCUT2D eigenvalue weighted by atomic mass is 10.1. The third-order valence-corrected chi connectivity index (χ3v) is 2.57. The molecule has 1 aromatic heterocycles. The quantitative estimate of drug-likeness (QED) is 0.859. The van der Waals surface area contributed by atoms with E-state index in [2.05, 4.69) is 5.32 Å². The van der Waals surface area contributed by atoms with Crippen LogP contribution in [-0.4, -0.2) is 0 Å². The number of halogens is 4. The van der Waals surface area contributed by atoms with E-state index in [1.165, 1.54) is 12.3 Å². The molecule has 19 heavy (non-hydrogen) atoms. The summed E-state index contributed by atoms with van der Waals surface area (Å²) < 4.78 is 55.4. The van der Waals surface area contributed by atoms with Gasteiger partial charge < -0.3 is 9.73 Å². The Morgan fingerprint density at radius 3 is 2.42 bits per heavy atom. The molecule has 0 radical (unpaired) electrons. The second-order valence-electron chi connectivity index (χ2n) is 4.05. The summed E-state index contributed by atoms with van der Waals surface area (Å²) in [5, 5.41) is 2.95. The molecular weight excluding hydrogens is 262 g/mol. The van der Waals surface area contributed by atoms with Crippen molar-refractivity contribution in [3.63, 3.8) is 0 Å². The van der Waals surface area contributed by atoms with Crippen molar-refractivity contribution in [3.8, 4) is 0 Å². The zero-order valence-corrected chi connectivity index (χ0v) is 9.80. The molecule has 102 valence electrons. The molecular formula is C13H11F4NO. The lowest BCUT2D eigenvalue weighted by Crippen LogP contribution is -2.14. The highest BCUT2D eigenvalue weighted by atomic mass is 19.4. The van der Waals surface area contributed by atoms with Gasteiger partial charge in [-0.25, -0.2) is 4.39 Å². The van der Waals surface area contributed by atoms with Crippen LogP contribution in [0.25, 0.3) is 0 Å². The summed E-state index contributed by atoms with van der Waals surface area (Å²) in [6.07, 6.45) is -1.62. The molecule has 2 rings (SSSR count). The van der Waals surface area contributed by atoms with E-state index < -0.39 is 17.6 Å². The maximum atomic E-state index is 13.1. The van der Waals surface area contributed by atoms with Gasteiger partial charge in [0.1, 0.15) is 5.82 Å². The van der Waals surface area contributed by atoms with Crippen LogP contribution in [0.1, 0.15) is 16.7 Å². The van der Waals surface area contributed by atoms with Crippen molar-refractivity contribution in [1.29, 1.82) is 0 Å². The second kappa shape index (κ2) is 5.44. The van der Waals surface area contributed by atoms with E-state index in [1.807, 2.05) is 0 Å². The van der Waals surface area contributed by atoms with Crippen LogP contribution < -0.4 is 5.32 Å². The van der Waals surface area contributed by atoms with Crippen molar-refractivity contribution in [2.45, 2.75) is 19.3 Å². The molecule has 1 N–H and O–H groups in total. The van der Waals surface area contributed by atoms with E-state index in [0.717, 1.165) is 17.7 Å². The number of benzene rings is 1. The third-order valence-electron chi connectivity index (χ3n) is 2.57. The van der Waals surface area contributed by atoms with Gasteiger partial charge in [-0.05, 0) is 23.8 Å². The molecule has 0 spiro atoms. The largest absolute Gasteiger partial charge is 0.472 e. The first-order valence-corrected chi connectivity index (χ1v) is 5.54. The maximum absolute atomic E-state index is 13.1. The second-order valence-corrected chi connectivity index (χ2v) is 4.05. The van der Waals surface area contributed by atoms with Gasteiger partial charge in [-0.3, -0.25) is 0 Å². The lowest BCUT2D eigenvalue weighted by Gasteiger charge is -2.10. The smallest absolute Gasteiger partial charge is 0.419 e. The Labute approximate surface area is 107 Å². The highest BCUT2D eigenvalue weighted by Gasteiger charge is 2.34. The Hall–Kier alpha value is -1.82. The molecule has 0 atom stereocenters. The molecule has 0 amide bonds. The van der Waals surface area contributed by atoms with Crippen LogP contribution in [0.4, 0.5) is 17.6 Å². The van der Waals surface area contributed by atoms with Gasteiger partial charge in [0.05, 0.1) is 18.1 Å². The van der Waals surface area contributed by atoms with Gasteiger partial charge in [0, 0.05) is 18.7 Å². The zero-order valence-electron chi connectivity index (χ0n) is 9.80. The molecule has 0 bridgehead atoms. The lowest BCUT2D eigenvalue weighted by molar-refractivity contribution is -0.140. The molecule has 2 aromatic rings. The normalized spacial score (nSPS) is 11.8. The van der Waals surface area contributed by atoms with Crippen molar-refractivity contribution < 1.29 is 22.0 Å². The number of alkyl halides is 3. The summed E-state index contributed by atoms with van der Waals surface area (Å²) in [6, 6.07) is 4.72. The monoisotopic (exact) mass is 273 g/mol. The first-order valence-electron chi connectivity index (χ1n) is 5.54. The van der Waals surface area contributed by atoms with Gasteiger partial charge >= 0.3 is 6.18 Å². The van der Waals surface area contributed by atoms with Crippen LogP contribution in [0, 0.1) is 5.82 Å². The summed E-state index contributed by atoms with van der Waals surface area (Å²) in [6.45, 7) is 0.684. The number of furan rings is 1. The number of nitrogens with one attached hydrogen (secondary N) is 1. The van der Waals surface area contributed by atoms with E-state index in [1.54, 1.807) is 12.3 Å². The van der Waals surface area contributed by atoms with Gasteiger partial charge in [0.25, 0.3) is 0 Å². The third kappa shape index (κ3) is 3.57. The van der Waals surface area contributed by atoms with E-state index in [-0.39, 0.29) is 6.54 Å². The van der Waals surface area contributed by atoms with Crippen LogP contribution in [0.2, 0.25) is 0 Å². The molecule has 0 unspecified atom stereocenters. The number of hydrogen-bond acceptors (Lipinski definition) is 2. The van der Waals surface area contributed by atoms with Crippen molar-refractivity contribution in [3.05, 3.63) is 59.3 Å². The molecule has 0 aliphatic heterocycles. The Morgan fingerprint density at radius 1 is 1.05 bits per heavy atom. The standard InChI is InChI=1S/C13H11F4NO/c14-12-2-1-9(5-11(12)13(15,16)17)6-18-7-10-3-4-19-8-10/h1-5,8,18H,6-7H2. The average Bonchev–Trinajstić information content (AvgIpc) is 2.83. The molecule has 2 nitrogen and oxygen atoms in total. The minimum Gasteiger partial charge on any atom is -0.472 e. The molecule has 6 heteroatoms. The van der Waals surface area contributed by atoms with E-state index in [9.17, 15) is 17.6 Å². The van der Waals surface area contributed by atoms with Gasteiger partial charge in [0.2, 0.25) is 0 Å². The predicted octanol–water partition coefficient (Wildman–Crippen LogP) is 3.73. The van der Waals surface area contributed by atoms with Gasteiger partial charge in [-0.1, -0.05) is 6.07 Å². The number of rotatable bonds is 4. The summed E-state index contributed by atoms with van der Waals surface area (Å²) in [7, 11) is 0. The van der Waals surface area contributed by atoms with Crippen LogP contribution in [0.15, 0.2) is 41.2 Å². The van der Waals surface area contributed by atoms with Gasteiger partial charge in [-0.2, -0.15) is 13.2 Å². The Morgan fingerprint density at radius 2 is 1.79 bits per heavy atom. The highest BCUT2D eigenvalue weighted by molar-refractivity contribution is 5.27. The molecule has 0 fully saturated rings. The fraction of sp³-hybridized carbons (Fsp3) is 0.231. The van der Waals surface area contributed by atoms with Crippen molar-refractivity contribution in [2.75, 3.05) is 0 Å². The summed E-state index contributed by atoms with van der Waals surface area (Å²) in [5.74, 6) is -1.26. The SMILES string of the molecule is Fc1ccc(CNCc2ccoc2)cc1C(F)(F)F. The van der Waals surface area contributed by atoms with Crippen LogP contribution in [0.5, 0.6) is 0 Å². The Bertz CT molecular complexity index is 534. The topological polar surface area (TPSA) is 25.2 Å². The van der Waals surface area contributed by atoms with Crippen LogP contribution in [-0.2, 0) is 19.3 Å². The van der Waals surface area contributed by atoms with Gasteiger partial charge in [-0.15, -0.1) is 0 Å². The molecule has 0 aliphatic rings. The first-order chi connectivity index (χ1) is 8.97. The summed E-state index contributed by atoms with van der Waals surface area (Å²) in [4.78, 5) is 0. The first kappa shape index (κ1) is 13.6. The minimum atomic E-state index is -4.68. The average molecular weight is 273 g/mol. The maximum Gasteiger partial charge on any atom is 0.419 e.